The first-order chi connectivity index (χ1) is 9.52. The van der Waals surface area contributed by atoms with Gasteiger partial charge in [0.2, 0.25) is 0 Å². The first-order valence-electron chi connectivity index (χ1n) is 6.03. The molecular weight excluding hydrogens is 259 g/mol. The molecule has 0 atom stereocenters. The molecule has 0 heterocycles. The van der Waals surface area contributed by atoms with Gasteiger partial charge in [0.05, 0.1) is 7.11 Å². The molecule has 0 saturated carbocycles. The van der Waals surface area contributed by atoms with Gasteiger partial charge in [0.15, 0.2) is 0 Å². The molecule has 0 aliphatic heterocycles. The van der Waals surface area contributed by atoms with Crippen molar-refractivity contribution in [2.75, 3.05) is 18.2 Å². The fraction of sp³-hybridized carbons (Fsp3) is 0.133. The van der Waals surface area contributed by atoms with E-state index in [1.165, 1.54) is 13.2 Å². The summed E-state index contributed by atoms with van der Waals surface area (Å²) in [7, 11) is 1.46. The fourth-order valence-corrected chi connectivity index (χ4v) is 1.83. The van der Waals surface area contributed by atoms with Crippen LogP contribution in [0.1, 0.15) is 15.9 Å². The van der Waals surface area contributed by atoms with Crippen LogP contribution in [-0.2, 0) is 0 Å². The summed E-state index contributed by atoms with van der Waals surface area (Å²) in [5.74, 6) is -0.450. The second-order valence-electron chi connectivity index (χ2n) is 4.34. The van der Waals surface area contributed by atoms with Crippen LogP contribution in [-0.4, -0.2) is 13.0 Å². The molecule has 0 aromatic heterocycles. The monoisotopic (exact) mass is 274 g/mol. The topological polar surface area (TPSA) is 64.3 Å². The molecule has 0 unspecified atom stereocenters. The molecule has 1 amide bonds. The maximum Gasteiger partial charge on any atom is 0.261 e. The van der Waals surface area contributed by atoms with E-state index in [-0.39, 0.29) is 11.4 Å². The Labute approximate surface area is 116 Å². The molecule has 104 valence electrons. The van der Waals surface area contributed by atoms with E-state index < -0.39 is 5.91 Å². The summed E-state index contributed by atoms with van der Waals surface area (Å²) in [4.78, 5) is 12.2. The fourth-order valence-electron chi connectivity index (χ4n) is 1.83. The van der Waals surface area contributed by atoms with Gasteiger partial charge in [-0.25, -0.2) is 4.39 Å². The van der Waals surface area contributed by atoms with Gasteiger partial charge in [0.25, 0.3) is 5.91 Å². The number of ether oxygens (including phenoxy) is 1. The smallest absolute Gasteiger partial charge is 0.261 e. The molecule has 0 fully saturated rings. The van der Waals surface area contributed by atoms with Crippen LogP contribution in [0, 0.1) is 12.7 Å². The number of methoxy groups -OCH3 is 1. The highest BCUT2D eigenvalue weighted by Gasteiger charge is 2.16. The molecule has 0 radical (unpaired) electrons. The minimum Gasteiger partial charge on any atom is -0.496 e. The van der Waals surface area contributed by atoms with Crippen LogP contribution in [0.15, 0.2) is 36.4 Å². The summed E-state index contributed by atoms with van der Waals surface area (Å²) in [6.07, 6.45) is 0. The minimum atomic E-state index is -0.441. The van der Waals surface area contributed by atoms with Gasteiger partial charge in [-0.2, -0.15) is 0 Å². The van der Waals surface area contributed by atoms with E-state index in [9.17, 15) is 9.18 Å². The molecular formula is C15H15FN2O2. The van der Waals surface area contributed by atoms with E-state index >= 15 is 0 Å². The number of amides is 1. The van der Waals surface area contributed by atoms with Gasteiger partial charge in [-0.15, -0.1) is 0 Å². The van der Waals surface area contributed by atoms with Crippen molar-refractivity contribution in [2.24, 2.45) is 0 Å². The highest BCUT2D eigenvalue weighted by atomic mass is 19.1. The molecule has 2 aromatic rings. The zero-order valence-corrected chi connectivity index (χ0v) is 11.2. The number of carbonyl (C=O) groups is 1. The zero-order valence-electron chi connectivity index (χ0n) is 11.2. The van der Waals surface area contributed by atoms with Crippen LogP contribution in [0.3, 0.4) is 0 Å². The van der Waals surface area contributed by atoms with Crippen molar-refractivity contribution in [1.82, 2.24) is 0 Å². The third kappa shape index (κ3) is 2.71. The molecule has 2 rings (SSSR count). The minimum absolute atomic E-state index is 0.232. The van der Waals surface area contributed by atoms with Gasteiger partial charge in [-0.1, -0.05) is 12.1 Å². The van der Waals surface area contributed by atoms with Gasteiger partial charge in [0.1, 0.15) is 17.1 Å². The highest BCUT2D eigenvalue weighted by Crippen LogP contribution is 2.25. The van der Waals surface area contributed by atoms with Crippen LogP contribution < -0.4 is 15.8 Å². The van der Waals surface area contributed by atoms with Crippen LogP contribution in [0.4, 0.5) is 15.8 Å². The molecule has 0 bridgehead atoms. The lowest BCUT2D eigenvalue weighted by atomic mass is 10.1. The number of halogens is 1. The summed E-state index contributed by atoms with van der Waals surface area (Å²) in [6, 6.07) is 9.42. The molecule has 3 N–H and O–H groups in total. The van der Waals surface area contributed by atoms with Gasteiger partial charge in [-0.3, -0.25) is 4.79 Å². The summed E-state index contributed by atoms with van der Waals surface area (Å²) in [5, 5.41) is 2.60. The molecule has 4 nitrogen and oxygen atoms in total. The number of benzene rings is 2. The number of nitrogens with two attached hydrogens (primary N) is 1. The second kappa shape index (κ2) is 5.61. The molecule has 0 spiro atoms. The van der Waals surface area contributed by atoms with Crippen molar-refractivity contribution < 1.29 is 13.9 Å². The first-order valence-corrected chi connectivity index (χ1v) is 6.03. The molecule has 20 heavy (non-hydrogen) atoms. The van der Waals surface area contributed by atoms with Crippen molar-refractivity contribution in [2.45, 2.75) is 6.92 Å². The number of aryl methyl sites for hydroxylation is 1. The third-order valence-corrected chi connectivity index (χ3v) is 2.94. The summed E-state index contributed by atoms with van der Waals surface area (Å²) >= 11 is 0. The predicted octanol–water partition coefficient (Wildman–Crippen LogP) is 2.98. The normalized spacial score (nSPS) is 10.2. The standard InChI is InChI=1S/C15H15FN2O2/c1-9-6-7-10(8-11(9)16)18-15(19)14-12(17)4-3-5-13(14)20-2/h3-8H,17H2,1-2H3,(H,18,19). The molecule has 2 aromatic carbocycles. The van der Waals surface area contributed by atoms with Gasteiger partial charge in [0, 0.05) is 11.4 Å². The summed E-state index contributed by atoms with van der Waals surface area (Å²) in [5.41, 5.74) is 7.20. The average Bonchev–Trinajstić information content (AvgIpc) is 2.42. The van der Waals surface area contributed by atoms with Gasteiger partial charge in [-0.05, 0) is 36.8 Å². The number of anilines is 2. The lowest BCUT2D eigenvalue weighted by Crippen LogP contribution is -2.15. The van der Waals surface area contributed by atoms with Crippen LogP contribution in [0.25, 0.3) is 0 Å². The summed E-state index contributed by atoms with van der Waals surface area (Å²) < 4.78 is 18.6. The van der Waals surface area contributed by atoms with Gasteiger partial charge < -0.3 is 15.8 Å². The lowest BCUT2D eigenvalue weighted by Gasteiger charge is -2.11. The number of nitrogens with one attached hydrogen (secondary N) is 1. The molecule has 0 saturated heterocycles. The number of hydrogen-bond donors (Lipinski definition) is 2. The molecule has 0 aliphatic rings. The second-order valence-corrected chi connectivity index (χ2v) is 4.34. The van der Waals surface area contributed by atoms with E-state index in [0.29, 0.717) is 22.7 Å². The van der Waals surface area contributed by atoms with Crippen LogP contribution >= 0.6 is 0 Å². The van der Waals surface area contributed by atoms with Crippen molar-refractivity contribution >= 4 is 17.3 Å². The number of nitrogen functional groups attached to an aromatic ring is 1. The number of carbonyl (C=O) groups excluding carboxylic acids is 1. The largest absolute Gasteiger partial charge is 0.496 e. The Morgan fingerprint density at radius 3 is 2.70 bits per heavy atom. The molecule has 5 heteroatoms. The van der Waals surface area contributed by atoms with Crippen LogP contribution in [0.5, 0.6) is 5.75 Å². The summed E-state index contributed by atoms with van der Waals surface area (Å²) in [6.45, 7) is 1.65. The Kier molecular flexibility index (Phi) is 3.89. The number of hydrogen-bond acceptors (Lipinski definition) is 3. The third-order valence-electron chi connectivity index (χ3n) is 2.94. The van der Waals surface area contributed by atoms with E-state index in [1.54, 1.807) is 37.3 Å². The van der Waals surface area contributed by atoms with E-state index in [4.69, 9.17) is 10.5 Å². The number of rotatable bonds is 3. The van der Waals surface area contributed by atoms with E-state index in [2.05, 4.69) is 5.32 Å². The maximum absolute atomic E-state index is 13.5. The Balaban J connectivity index is 2.30. The maximum atomic E-state index is 13.5. The highest BCUT2D eigenvalue weighted by molar-refractivity contribution is 6.09. The first kappa shape index (κ1) is 13.9. The van der Waals surface area contributed by atoms with Crippen molar-refractivity contribution in [3.05, 3.63) is 53.3 Å². The molecule has 0 aliphatic carbocycles. The van der Waals surface area contributed by atoms with Crippen molar-refractivity contribution in [1.29, 1.82) is 0 Å². The average molecular weight is 274 g/mol. The van der Waals surface area contributed by atoms with E-state index in [1.807, 2.05) is 0 Å². The quantitative estimate of drug-likeness (QED) is 0.846. The Morgan fingerprint density at radius 1 is 1.30 bits per heavy atom. The lowest BCUT2D eigenvalue weighted by molar-refractivity contribution is 0.102. The van der Waals surface area contributed by atoms with Crippen molar-refractivity contribution in [3.8, 4) is 5.75 Å². The Hall–Kier alpha value is -2.56. The Morgan fingerprint density at radius 2 is 2.05 bits per heavy atom. The van der Waals surface area contributed by atoms with Crippen LogP contribution in [0.2, 0.25) is 0 Å². The predicted molar refractivity (Wildman–Crippen MR) is 76.5 cm³/mol. The zero-order chi connectivity index (χ0) is 14.7. The van der Waals surface area contributed by atoms with Crippen molar-refractivity contribution in [3.63, 3.8) is 0 Å². The SMILES string of the molecule is COc1cccc(N)c1C(=O)Nc1ccc(C)c(F)c1. The Bertz CT molecular complexity index is 656. The van der Waals surface area contributed by atoms with Gasteiger partial charge >= 0.3 is 0 Å². The van der Waals surface area contributed by atoms with E-state index in [0.717, 1.165) is 0 Å².